The number of rotatable bonds is 7. The molecule has 0 atom stereocenters. The van der Waals surface area contributed by atoms with Gasteiger partial charge in [0.15, 0.2) is 6.20 Å². The number of carbonyl (C=O) groups excluding carboxylic acids is 2. The first-order valence-corrected chi connectivity index (χ1v) is 8.92. The van der Waals surface area contributed by atoms with Gasteiger partial charge < -0.3 is 15.4 Å². The standard InChI is InChI=1S/C18H21N3O3S/c1-3-14-8-4-5-9-15(14)19-16(22)12-20(2)17(23)13-25-18-10-6-7-11-21(18)24/h4-11H,3,12-13H2,1-2H3,(H,19,22). The van der Waals surface area contributed by atoms with Crippen LogP contribution in [0.5, 0.6) is 0 Å². The minimum atomic E-state index is -0.250. The number of aryl methyl sites for hydroxylation is 1. The highest BCUT2D eigenvalue weighted by molar-refractivity contribution is 7.99. The van der Waals surface area contributed by atoms with E-state index in [-0.39, 0.29) is 24.1 Å². The van der Waals surface area contributed by atoms with Crippen LogP contribution in [-0.4, -0.2) is 36.1 Å². The van der Waals surface area contributed by atoms with E-state index in [1.165, 1.54) is 11.1 Å². The molecule has 0 aliphatic rings. The summed E-state index contributed by atoms with van der Waals surface area (Å²) in [4.78, 5) is 25.7. The van der Waals surface area contributed by atoms with Gasteiger partial charge in [0.1, 0.15) is 0 Å². The van der Waals surface area contributed by atoms with E-state index in [1.807, 2.05) is 31.2 Å². The number of thioether (sulfide) groups is 1. The normalized spacial score (nSPS) is 10.3. The number of aromatic nitrogens is 1. The summed E-state index contributed by atoms with van der Waals surface area (Å²) in [6.45, 7) is 1.98. The van der Waals surface area contributed by atoms with Gasteiger partial charge in [-0.3, -0.25) is 9.59 Å². The minimum absolute atomic E-state index is 0.0381. The third kappa shape index (κ3) is 5.49. The summed E-state index contributed by atoms with van der Waals surface area (Å²) in [5, 5.41) is 14.8. The van der Waals surface area contributed by atoms with Gasteiger partial charge in [-0.05, 0) is 35.9 Å². The van der Waals surface area contributed by atoms with E-state index < -0.39 is 0 Å². The summed E-state index contributed by atoms with van der Waals surface area (Å²) in [7, 11) is 1.57. The lowest BCUT2D eigenvalue weighted by atomic mass is 10.1. The van der Waals surface area contributed by atoms with Gasteiger partial charge in [-0.15, -0.1) is 0 Å². The van der Waals surface area contributed by atoms with Crippen molar-refractivity contribution in [3.8, 4) is 0 Å². The Morgan fingerprint density at radius 1 is 1.20 bits per heavy atom. The van der Waals surface area contributed by atoms with E-state index in [0.29, 0.717) is 9.76 Å². The molecule has 1 heterocycles. The Kier molecular flexibility index (Phi) is 6.82. The molecule has 2 amide bonds. The van der Waals surface area contributed by atoms with Crippen molar-refractivity contribution in [2.75, 3.05) is 24.7 Å². The quantitative estimate of drug-likeness (QED) is 0.466. The molecule has 0 bridgehead atoms. The molecule has 2 rings (SSSR count). The number of hydrogen-bond acceptors (Lipinski definition) is 4. The lowest BCUT2D eigenvalue weighted by Gasteiger charge is -2.17. The zero-order chi connectivity index (χ0) is 18.2. The second-order valence-corrected chi connectivity index (χ2v) is 6.46. The lowest BCUT2D eigenvalue weighted by Crippen LogP contribution is -2.36. The van der Waals surface area contributed by atoms with Crippen molar-refractivity contribution in [2.45, 2.75) is 18.4 Å². The largest absolute Gasteiger partial charge is 0.618 e. The van der Waals surface area contributed by atoms with Crippen LogP contribution in [0.25, 0.3) is 0 Å². The number of hydrogen-bond donors (Lipinski definition) is 1. The second-order valence-electron chi connectivity index (χ2n) is 5.46. The fraction of sp³-hybridized carbons (Fsp3) is 0.278. The summed E-state index contributed by atoms with van der Waals surface area (Å²) in [5.41, 5.74) is 1.81. The molecule has 7 heteroatoms. The SMILES string of the molecule is CCc1ccccc1NC(=O)CN(C)C(=O)CSc1cccc[n+]1[O-]. The Balaban J connectivity index is 1.86. The third-order valence-corrected chi connectivity index (χ3v) is 4.61. The molecule has 0 saturated carbocycles. The van der Waals surface area contributed by atoms with Crippen molar-refractivity contribution in [3.63, 3.8) is 0 Å². The highest BCUT2D eigenvalue weighted by Gasteiger charge is 2.16. The van der Waals surface area contributed by atoms with Crippen LogP contribution in [0.15, 0.2) is 53.7 Å². The van der Waals surface area contributed by atoms with Crippen LogP contribution >= 0.6 is 11.8 Å². The highest BCUT2D eigenvalue weighted by Crippen LogP contribution is 2.16. The number of pyridine rings is 1. The van der Waals surface area contributed by atoms with Crippen molar-refractivity contribution >= 4 is 29.3 Å². The first kappa shape index (κ1) is 18.8. The molecule has 1 aromatic carbocycles. The third-order valence-electron chi connectivity index (χ3n) is 3.61. The molecule has 0 radical (unpaired) electrons. The van der Waals surface area contributed by atoms with Gasteiger partial charge >= 0.3 is 0 Å². The zero-order valence-corrected chi connectivity index (χ0v) is 15.1. The Hall–Kier alpha value is -2.54. The number of nitrogens with zero attached hydrogens (tertiary/aromatic N) is 2. The monoisotopic (exact) mass is 359 g/mol. The predicted octanol–water partition coefficient (Wildman–Crippen LogP) is 2.07. The number of nitrogens with one attached hydrogen (secondary N) is 1. The maximum atomic E-state index is 12.2. The smallest absolute Gasteiger partial charge is 0.251 e. The van der Waals surface area contributed by atoms with E-state index >= 15 is 0 Å². The maximum absolute atomic E-state index is 12.2. The van der Waals surface area contributed by atoms with Crippen molar-refractivity contribution in [2.24, 2.45) is 0 Å². The summed E-state index contributed by atoms with van der Waals surface area (Å²) in [5.74, 6) is -0.366. The molecule has 132 valence electrons. The first-order chi connectivity index (χ1) is 12.0. The molecule has 0 aliphatic heterocycles. The molecule has 6 nitrogen and oxygen atoms in total. The van der Waals surface area contributed by atoms with Crippen LogP contribution < -0.4 is 10.0 Å². The number of likely N-dealkylation sites (N-methyl/N-ethyl adjacent to an activating group) is 1. The van der Waals surface area contributed by atoms with E-state index in [2.05, 4.69) is 5.32 Å². The molecule has 25 heavy (non-hydrogen) atoms. The average molecular weight is 359 g/mol. The van der Waals surface area contributed by atoms with Crippen LogP contribution in [0.3, 0.4) is 0 Å². The molecule has 0 fully saturated rings. The second kappa shape index (κ2) is 9.08. The average Bonchev–Trinajstić information content (AvgIpc) is 2.61. The van der Waals surface area contributed by atoms with Crippen molar-refractivity contribution in [3.05, 3.63) is 59.4 Å². The highest BCUT2D eigenvalue weighted by atomic mass is 32.2. The van der Waals surface area contributed by atoms with Gasteiger partial charge in [0, 0.05) is 24.9 Å². The molecule has 0 aliphatic carbocycles. The van der Waals surface area contributed by atoms with Crippen LogP contribution in [0.4, 0.5) is 5.69 Å². The predicted molar refractivity (Wildman–Crippen MR) is 98.2 cm³/mol. The fourth-order valence-corrected chi connectivity index (χ4v) is 3.07. The van der Waals surface area contributed by atoms with Gasteiger partial charge in [-0.1, -0.05) is 25.1 Å². The van der Waals surface area contributed by atoms with Crippen molar-refractivity contribution < 1.29 is 14.3 Å². The number of amides is 2. The number of anilines is 1. The van der Waals surface area contributed by atoms with Crippen LogP contribution in [0, 0.1) is 5.21 Å². The molecule has 2 aromatic rings. The van der Waals surface area contributed by atoms with Crippen LogP contribution in [0.1, 0.15) is 12.5 Å². The van der Waals surface area contributed by atoms with Gasteiger partial charge in [0.25, 0.3) is 5.03 Å². The zero-order valence-electron chi connectivity index (χ0n) is 14.3. The maximum Gasteiger partial charge on any atom is 0.251 e. The Bertz CT molecular complexity index is 752. The summed E-state index contributed by atoms with van der Waals surface area (Å²) >= 11 is 1.15. The van der Waals surface area contributed by atoms with E-state index in [0.717, 1.165) is 29.4 Å². The topological polar surface area (TPSA) is 76.4 Å². The van der Waals surface area contributed by atoms with Crippen LogP contribution in [0.2, 0.25) is 0 Å². The minimum Gasteiger partial charge on any atom is -0.618 e. The summed E-state index contributed by atoms with van der Waals surface area (Å²) in [6.07, 6.45) is 2.20. The Morgan fingerprint density at radius 3 is 2.64 bits per heavy atom. The number of para-hydroxylation sites is 1. The molecule has 0 unspecified atom stereocenters. The molecule has 0 spiro atoms. The molecular formula is C18H21N3O3S. The number of carbonyl (C=O) groups is 2. The lowest BCUT2D eigenvalue weighted by molar-refractivity contribution is -0.645. The summed E-state index contributed by atoms with van der Waals surface area (Å²) < 4.78 is 0.715. The Labute approximate surface area is 151 Å². The van der Waals surface area contributed by atoms with E-state index in [4.69, 9.17) is 0 Å². The molecule has 0 saturated heterocycles. The van der Waals surface area contributed by atoms with Gasteiger partial charge in [0.2, 0.25) is 11.8 Å². The Morgan fingerprint density at radius 2 is 1.92 bits per heavy atom. The summed E-state index contributed by atoms with van der Waals surface area (Å²) in [6, 6.07) is 12.6. The van der Waals surface area contributed by atoms with Crippen molar-refractivity contribution in [1.82, 2.24) is 4.90 Å². The molecular weight excluding hydrogens is 338 g/mol. The van der Waals surface area contributed by atoms with Crippen LogP contribution in [-0.2, 0) is 16.0 Å². The van der Waals surface area contributed by atoms with Gasteiger partial charge in [-0.25, -0.2) is 0 Å². The van der Waals surface area contributed by atoms with E-state index in [1.54, 1.807) is 25.2 Å². The van der Waals surface area contributed by atoms with Gasteiger partial charge in [0.05, 0.1) is 12.3 Å². The van der Waals surface area contributed by atoms with Gasteiger partial charge in [-0.2, -0.15) is 4.73 Å². The molecule has 1 N–H and O–H groups in total. The molecule has 1 aromatic heterocycles. The van der Waals surface area contributed by atoms with E-state index in [9.17, 15) is 14.8 Å². The van der Waals surface area contributed by atoms with Crippen molar-refractivity contribution in [1.29, 1.82) is 0 Å². The number of benzene rings is 1. The first-order valence-electron chi connectivity index (χ1n) is 7.94. The fourth-order valence-electron chi connectivity index (χ4n) is 2.21.